The monoisotopic (exact) mass is 576 g/mol. The fraction of sp³-hybridized carbons (Fsp3) is 0. The summed E-state index contributed by atoms with van der Waals surface area (Å²) >= 11 is 0. The summed E-state index contributed by atoms with van der Waals surface area (Å²) in [5.74, 6) is 1.54. The first-order valence-corrected chi connectivity index (χ1v) is 13.3. The summed E-state index contributed by atoms with van der Waals surface area (Å²) in [6.07, 6.45) is 0. The number of hydrogen-bond donors (Lipinski definition) is 0. The molecular formula is C34H20N6Zn+2. The molecule has 9 rings (SSSR count). The van der Waals surface area contributed by atoms with Crippen LogP contribution >= 0.6 is 0 Å². The summed E-state index contributed by atoms with van der Waals surface area (Å²) in [4.78, 5) is 27.4. The normalized spacial score (nSPS) is 11.7. The number of aromatic nitrogens is 6. The minimum atomic E-state index is 0. The van der Waals surface area contributed by atoms with Crippen molar-refractivity contribution in [2.75, 3.05) is 0 Å². The maximum Gasteiger partial charge on any atom is 2.00 e. The van der Waals surface area contributed by atoms with Crippen LogP contribution in [0.4, 0.5) is 0 Å². The third kappa shape index (κ3) is 3.59. The molecule has 7 aromatic rings. The Labute approximate surface area is 247 Å². The quantitative estimate of drug-likeness (QED) is 0.202. The molecular weight excluding hydrogens is 558 g/mol. The number of H-pyrrole nitrogens is 2. The smallest absolute Gasteiger partial charge is 0.657 e. The Kier molecular flexibility index (Phi) is 5.24. The van der Waals surface area contributed by atoms with Crippen LogP contribution in [-0.2, 0) is 19.5 Å². The van der Waals surface area contributed by atoms with E-state index in [2.05, 4.69) is 82.8 Å². The number of fused-ring (bicyclic) bond motifs is 20. The molecule has 0 fully saturated rings. The summed E-state index contributed by atoms with van der Waals surface area (Å²) in [5.41, 5.74) is 9.22. The Hall–Kier alpha value is -5.00. The zero-order valence-corrected chi connectivity index (χ0v) is 24.9. The molecule has 0 atom stereocenters. The molecule has 41 heavy (non-hydrogen) atoms. The maximum atomic E-state index is 5.11. The molecule has 0 saturated carbocycles. The average Bonchev–Trinajstić information content (AvgIpc) is 3.73. The van der Waals surface area contributed by atoms with Crippen molar-refractivity contribution >= 4 is 43.9 Å². The molecule has 0 radical (unpaired) electrons. The molecule has 0 saturated heterocycles. The van der Waals surface area contributed by atoms with Crippen molar-refractivity contribution in [3.63, 3.8) is 0 Å². The molecule has 0 aliphatic carbocycles. The predicted molar refractivity (Wildman–Crippen MR) is 156 cm³/mol. The molecule has 5 heterocycles. The van der Waals surface area contributed by atoms with Crippen molar-refractivity contribution in [2.24, 2.45) is 0 Å². The third-order valence-corrected chi connectivity index (χ3v) is 7.78. The van der Waals surface area contributed by atoms with Crippen molar-refractivity contribution < 1.29 is 29.4 Å². The van der Waals surface area contributed by atoms with E-state index in [1.807, 2.05) is 36.4 Å². The van der Waals surface area contributed by atoms with Gasteiger partial charge in [0.15, 0.2) is 11.6 Å². The summed E-state index contributed by atoms with van der Waals surface area (Å²) in [6.45, 7) is 0. The van der Waals surface area contributed by atoms with Crippen molar-refractivity contribution in [3.05, 3.63) is 109 Å². The van der Waals surface area contributed by atoms with E-state index in [4.69, 9.17) is 19.9 Å². The van der Waals surface area contributed by atoms with E-state index in [1.165, 1.54) is 0 Å². The number of nitrogens with zero attached hydrogens (tertiary/aromatic N) is 4. The second kappa shape index (κ2) is 9.01. The number of rotatable bonds is 0. The van der Waals surface area contributed by atoms with Gasteiger partial charge in [-0.1, -0.05) is 77.8 Å². The van der Waals surface area contributed by atoms with Gasteiger partial charge in [0.2, 0.25) is 0 Å². The number of aromatic amines is 2. The Morgan fingerprint density at radius 1 is 0.439 bits per heavy atom. The van der Waals surface area contributed by atoms with Crippen LogP contribution in [0, 0.1) is 0 Å². The second-order valence-corrected chi connectivity index (χ2v) is 10.1. The van der Waals surface area contributed by atoms with E-state index in [1.54, 1.807) is 0 Å². The maximum absolute atomic E-state index is 5.11. The van der Waals surface area contributed by atoms with Gasteiger partial charge in [0.25, 0.3) is 11.3 Å². The standard InChI is InChI=1S/C34H18N6.Zn/c1-2-10-20-19(9-1)27-17-29-21-11-3-5-13-23(21)31(36-29)38-33-25-15-7-8-16-26(25)34(40-33)39-32-24-14-6-4-12-22(24)30(37-32)18-28(20)35-27;/h1-18H;/q-2;+2/p+2. The first-order chi connectivity index (χ1) is 19.8. The predicted octanol–water partition coefficient (Wildman–Crippen LogP) is 6.17. The van der Waals surface area contributed by atoms with Gasteiger partial charge in [-0.15, -0.1) is 11.0 Å². The minimum absolute atomic E-state index is 0. The zero-order valence-electron chi connectivity index (χ0n) is 21.9. The van der Waals surface area contributed by atoms with Crippen LogP contribution in [0.2, 0.25) is 0 Å². The van der Waals surface area contributed by atoms with Gasteiger partial charge in [-0.25, -0.2) is 9.97 Å². The van der Waals surface area contributed by atoms with E-state index in [0.29, 0.717) is 0 Å². The van der Waals surface area contributed by atoms with Gasteiger partial charge in [-0.2, -0.15) is 0 Å². The summed E-state index contributed by atoms with van der Waals surface area (Å²) < 4.78 is 0. The Balaban J connectivity index is 0.00000256. The molecule has 2 aliphatic heterocycles. The van der Waals surface area contributed by atoms with Crippen molar-refractivity contribution in [2.45, 2.75) is 0 Å². The number of benzene rings is 4. The van der Waals surface area contributed by atoms with Crippen LogP contribution in [0.3, 0.4) is 0 Å². The molecule has 0 unspecified atom stereocenters. The van der Waals surface area contributed by atoms with E-state index in [0.717, 1.165) is 89.2 Å². The SMILES string of the molecule is [Zn+2].c1ccc2c(c1)-c1cc3[n-]c(cc4nc([nH+]c5[n-]c([nH+]c-2n1)c1ccccc51)-c1ccccc1-4)c1ccccc31. The van der Waals surface area contributed by atoms with Crippen LogP contribution in [0.5, 0.6) is 0 Å². The van der Waals surface area contributed by atoms with Crippen LogP contribution in [-0.4, -0.2) is 9.97 Å². The fourth-order valence-corrected chi connectivity index (χ4v) is 5.92. The molecule has 0 amide bonds. The summed E-state index contributed by atoms with van der Waals surface area (Å²) in [6, 6.07) is 37.3. The van der Waals surface area contributed by atoms with Gasteiger partial charge in [0.05, 0.1) is 22.2 Å². The van der Waals surface area contributed by atoms with Crippen molar-refractivity contribution in [1.29, 1.82) is 0 Å². The van der Waals surface area contributed by atoms with Crippen LogP contribution < -0.4 is 19.9 Å². The van der Waals surface area contributed by atoms with E-state index >= 15 is 0 Å². The first kappa shape index (κ1) is 23.9. The summed E-state index contributed by atoms with van der Waals surface area (Å²) in [7, 11) is 0. The Bertz CT molecular complexity index is 2030. The number of hydrogen-bond acceptors (Lipinski definition) is 2. The van der Waals surface area contributed by atoms with Gasteiger partial charge in [0.1, 0.15) is 0 Å². The van der Waals surface area contributed by atoms with Crippen molar-refractivity contribution in [3.8, 4) is 45.3 Å². The fourth-order valence-electron chi connectivity index (χ4n) is 5.92. The Morgan fingerprint density at radius 2 is 0.829 bits per heavy atom. The molecule has 2 aliphatic rings. The molecule has 0 spiro atoms. The zero-order chi connectivity index (χ0) is 26.2. The van der Waals surface area contributed by atoms with Gasteiger partial charge >= 0.3 is 19.5 Å². The topological polar surface area (TPSA) is 82.3 Å². The molecule has 7 heteroatoms. The van der Waals surface area contributed by atoms with Crippen LogP contribution in [0.25, 0.3) is 89.2 Å². The minimum Gasteiger partial charge on any atom is -0.657 e. The van der Waals surface area contributed by atoms with Gasteiger partial charge in [0, 0.05) is 22.3 Å². The molecule has 8 bridgehead atoms. The van der Waals surface area contributed by atoms with Gasteiger partial charge in [-0.05, 0) is 47.2 Å². The average molecular weight is 578 g/mol. The van der Waals surface area contributed by atoms with Crippen molar-refractivity contribution in [1.82, 2.24) is 19.9 Å². The second-order valence-electron chi connectivity index (χ2n) is 10.1. The molecule has 186 valence electrons. The van der Waals surface area contributed by atoms with Gasteiger partial charge in [-0.3, -0.25) is 9.97 Å². The molecule has 4 aromatic carbocycles. The molecule has 6 nitrogen and oxygen atoms in total. The number of nitrogens with one attached hydrogen (secondary N) is 2. The molecule has 3 aromatic heterocycles. The molecule has 2 N–H and O–H groups in total. The van der Waals surface area contributed by atoms with Crippen LogP contribution in [0.1, 0.15) is 0 Å². The Morgan fingerprint density at radius 3 is 1.29 bits per heavy atom. The van der Waals surface area contributed by atoms with Crippen LogP contribution in [0.15, 0.2) is 109 Å². The van der Waals surface area contributed by atoms with E-state index in [-0.39, 0.29) is 19.5 Å². The van der Waals surface area contributed by atoms with E-state index < -0.39 is 0 Å². The largest absolute Gasteiger partial charge is 2.00 e. The first-order valence-electron chi connectivity index (χ1n) is 13.3. The summed E-state index contributed by atoms with van der Waals surface area (Å²) in [5, 5.41) is 4.20. The van der Waals surface area contributed by atoms with E-state index in [9.17, 15) is 0 Å². The van der Waals surface area contributed by atoms with Gasteiger partial charge < -0.3 is 4.98 Å². The third-order valence-electron chi connectivity index (χ3n) is 7.78.